The number of carbonyl (C=O) groups is 2. The Morgan fingerprint density at radius 1 is 1.20 bits per heavy atom. The average Bonchev–Trinajstić information content (AvgIpc) is 2.38. The molecule has 4 heteroatoms. The number of carboxylic acids is 1. The zero-order valence-corrected chi connectivity index (χ0v) is 12.5. The Morgan fingerprint density at radius 3 is 2.20 bits per heavy atom. The number of hydrogen-bond acceptors (Lipinski definition) is 2. The van der Waals surface area contributed by atoms with Crippen LogP contribution in [0.5, 0.6) is 0 Å². The van der Waals surface area contributed by atoms with Gasteiger partial charge in [0.05, 0.1) is 5.41 Å². The number of aliphatic carboxylic acids is 1. The third-order valence-corrected chi connectivity index (χ3v) is 3.37. The molecule has 4 nitrogen and oxygen atoms in total. The molecule has 1 aromatic rings. The first-order valence-electron chi connectivity index (χ1n) is 6.84. The van der Waals surface area contributed by atoms with Gasteiger partial charge in [-0.3, -0.25) is 4.79 Å². The number of carbonyl (C=O) groups excluding carboxylic acids is 1. The highest BCUT2D eigenvalue weighted by atomic mass is 16.4. The average molecular weight is 277 g/mol. The van der Waals surface area contributed by atoms with Crippen molar-refractivity contribution in [2.45, 2.75) is 45.6 Å². The molecule has 0 fully saturated rings. The SMILES string of the molecule is CC(C)C[C@H](NC(=O)C(C)(C)c1ccccc1)C(=O)O. The van der Waals surface area contributed by atoms with Gasteiger partial charge in [0, 0.05) is 0 Å². The van der Waals surface area contributed by atoms with Gasteiger partial charge in [-0.2, -0.15) is 0 Å². The molecule has 1 aromatic carbocycles. The smallest absolute Gasteiger partial charge is 0.326 e. The molecule has 1 rings (SSSR count). The van der Waals surface area contributed by atoms with Crippen molar-refractivity contribution in [3.05, 3.63) is 35.9 Å². The molecule has 2 N–H and O–H groups in total. The summed E-state index contributed by atoms with van der Waals surface area (Å²) in [5, 5.41) is 11.8. The van der Waals surface area contributed by atoms with Crippen LogP contribution < -0.4 is 5.32 Å². The van der Waals surface area contributed by atoms with Crippen LogP contribution >= 0.6 is 0 Å². The summed E-state index contributed by atoms with van der Waals surface area (Å²) in [6.45, 7) is 7.47. The van der Waals surface area contributed by atoms with E-state index in [9.17, 15) is 14.7 Å². The van der Waals surface area contributed by atoms with Crippen molar-refractivity contribution in [3.63, 3.8) is 0 Å². The molecule has 0 bridgehead atoms. The van der Waals surface area contributed by atoms with Crippen LogP contribution in [0.25, 0.3) is 0 Å². The van der Waals surface area contributed by atoms with Gasteiger partial charge < -0.3 is 10.4 Å². The van der Waals surface area contributed by atoms with Gasteiger partial charge in [-0.25, -0.2) is 4.79 Å². The summed E-state index contributed by atoms with van der Waals surface area (Å²) in [7, 11) is 0. The largest absolute Gasteiger partial charge is 0.480 e. The van der Waals surface area contributed by atoms with Crippen LogP contribution in [0.3, 0.4) is 0 Å². The van der Waals surface area contributed by atoms with E-state index in [-0.39, 0.29) is 11.8 Å². The van der Waals surface area contributed by atoms with Crippen LogP contribution in [-0.2, 0) is 15.0 Å². The van der Waals surface area contributed by atoms with E-state index < -0.39 is 17.4 Å². The fourth-order valence-electron chi connectivity index (χ4n) is 2.02. The molecule has 110 valence electrons. The van der Waals surface area contributed by atoms with Crippen LogP contribution in [0.1, 0.15) is 39.7 Å². The third-order valence-electron chi connectivity index (χ3n) is 3.37. The highest BCUT2D eigenvalue weighted by Crippen LogP contribution is 2.23. The van der Waals surface area contributed by atoms with Crippen LogP contribution in [0.15, 0.2) is 30.3 Å². The predicted octanol–water partition coefficient (Wildman–Crippen LogP) is 2.58. The van der Waals surface area contributed by atoms with Crippen molar-refractivity contribution in [2.24, 2.45) is 5.92 Å². The second-order valence-electron chi connectivity index (χ2n) is 5.98. The molecule has 0 aromatic heterocycles. The number of carboxylic acid groups (broad SMARTS) is 1. The number of amides is 1. The van der Waals surface area contributed by atoms with Gasteiger partial charge in [0.25, 0.3) is 0 Å². The fourth-order valence-corrected chi connectivity index (χ4v) is 2.02. The lowest BCUT2D eigenvalue weighted by atomic mass is 9.83. The molecule has 1 atom stereocenters. The third kappa shape index (κ3) is 4.08. The first kappa shape index (κ1) is 16.2. The molecule has 0 radical (unpaired) electrons. The predicted molar refractivity (Wildman–Crippen MR) is 78.5 cm³/mol. The highest BCUT2D eigenvalue weighted by Gasteiger charge is 2.32. The summed E-state index contributed by atoms with van der Waals surface area (Å²) in [5.74, 6) is -1.05. The molecule has 0 saturated heterocycles. The number of rotatable bonds is 6. The summed E-state index contributed by atoms with van der Waals surface area (Å²) in [5.41, 5.74) is 0.109. The van der Waals surface area contributed by atoms with E-state index in [1.54, 1.807) is 13.8 Å². The lowest BCUT2D eigenvalue weighted by molar-refractivity contribution is -0.143. The number of nitrogens with one attached hydrogen (secondary N) is 1. The van der Waals surface area contributed by atoms with Crippen molar-refractivity contribution in [1.82, 2.24) is 5.32 Å². The van der Waals surface area contributed by atoms with Crippen LogP contribution in [0, 0.1) is 5.92 Å². The van der Waals surface area contributed by atoms with E-state index in [0.29, 0.717) is 6.42 Å². The molecule has 1 amide bonds. The van der Waals surface area contributed by atoms with Crippen molar-refractivity contribution in [3.8, 4) is 0 Å². The summed E-state index contributed by atoms with van der Waals surface area (Å²) >= 11 is 0. The fraction of sp³-hybridized carbons (Fsp3) is 0.500. The van der Waals surface area contributed by atoms with E-state index >= 15 is 0 Å². The summed E-state index contributed by atoms with van der Waals surface area (Å²) in [4.78, 5) is 23.6. The summed E-state index contributed by atoms with van der Waals surface area (Å²) in [6, 6.07) is 8.53. The van der Waals surface area contributed by atoms with E-state index in [1.165, 1.54) is 0 Å². The monoisotopic (exact) mass is 277 g/mol. The van der Waals surface area contributed by atoms with Gasteiger partial charge in [0.15, 0.2) is 0 Å². The van der Waals surface area contributed by atoms with Gasteiger partial charge in [0.1, 0.15) is 6.04 Å². The molecule has 0 unspecified atom stereocenters. The standard InChI is InChI=1S/C16H23NO3/c1-11(2)10-13(14(18)19)17-15(20)16(3,4)12-8-6-5-7-9-12/h5-9,11,13H,10H2,1-4H3,(H,17,20)(H,18,19)/t13-/m0/s1. The van der Waals surface area contributed by atoms with Crippen molar-refractivity contribution in [1.29, 1.82) is 0 Å². The second kappa shape index (κ2) is 6.55. The van der Waals surface area contributed by atoms with Crippen LogP contribution in [0.2, 0.25) is 0 Å². The van der Waals surface area contributed by atoms with E-state index in [4.69, 9.17) is 0 Å². The van der Waals surface area contributed by atoms with Gasteiger partial charge in [-0.05, 0) is 31.7 Å². The number of hydrogen-bond donors (Lipinski definition) is 2. The Bertz CT molecular complexity index is 466. The minimum absolute atomic E-state index is 0.205. The maximum absolute atomic E-state index is 12.4. The van der Waals surface area contributed by atoms with Crippen molar-refractivity contribution >= 4 is 11.9 Å². The Hall–Kier alpha value is -1.84. The van der Waals surface area contributed by atoms with Crippen LogP contribution in [0.4, 0.5) is 0 Å². The molecule has 20 heavy (non-hydrogen) atoms. The highest BCUT2D eigenvalue weighted by molar-refractivity contribution is 5.90. The number of benzene rings is 1. The van der Waals surface area contributed by atoms with Crippen LogP contribution in [-0.4, -0.2) is 23.0 Å². The minimum Gasteiger partial charge on any atom is -0.480 e. The summed E-state index contributed by atoms with van der Waals surface area (Å²) in [6.07, 6.45) is 0.423. The Balaban J connectivity index is 2.85. The molecular formula is C16H23NO3. The molecule has 0 aliphatic heterocycles. The Labute approximate surface area is 120 Å². The van der Waals surface area contributed by atoms with E-state index in [2.05, 4.69) is 5.32 Å². The minimum atomic E-state index is -0.990. The van der Waals surface area contributed by atoms with Gasteiger partial charge in [0.2, 0.25) is 5.91 Å². The van der Waals surface area contributed by atoms with Crippen molar-refractivity contribution < 1.29 is 14.7 Å². The Kier molecular flexibility index (Phi) is 5.31. The molecule has 0 aliphatic carbocycles. The lowest BCUT2D eigenvalue weighted by Gasteiger charge is -2.27. The topological polar surface area (TPSA) is 66.4 Å². The maximum Gasteiger partial charge on any atom is 0.326 e. The quantitative estimate of drug-likeness (QED) is 0.840. The molecule has 0 aliphatic rings. The first-order valence-corrected chi connectivity index (χ1v) is 6.84. The molecule has 0 heterocycles. The van der Waals surface area contributed by atoms with E-state index in [1.807, 2.05) is 44.2 Å². The zero-order valence-electron chi connectivity index (χ0n) is 12.5. The van der Waals surface area contributed by atoms with Gasteiger partial charge in [-0.1, -0.05) is 44.2 Å². The Morgan fingerprint density at radius 2 is 1.75 bits per heavy atom. The molecular weight excluding hydrogens is 254 g/mol. The lowest BCUT2D eigenvalue weighted by Crippen LogP contribution is -2.48. The van der Waals surface area contributed by atoms with Gasteiger partial charge >= 0.3 is 5.97 Å². The summed E-state index contributed by atoms with van der Waals surface area (Å²) < 4.78 is 0. The van der Waals surface area contributed by atoms with Crippen molar-refractivity contribution in [2.75, 3.05) is 0 Å². The zero-order chi connectivity index (χ0) is 15.3. The van der Waals surface area contributed by atoms with E-state index in [0.717, 1.165) is 5.56 Å². The first-order chi connectivity index (χ1) is 9.25. The maximum atomic E-state index is 12.4. The van der Waals surface area contributed by atoms with Gasteiger partial charge in [-0.15, -0.1) is 0 Å². The molecule has 0 spiro atoms. The normalized spacial score (nSPS) is 13.1. The molecule has 0 saturated carbocycles. The second-order valence-corrected chi connectivity index (χ2v) is 5.98.